The monoisotopic (exact) mass is 218 g/mol. The molecule has 0 saturated carbocycles. The number of fused-ring (bicyclic) bond motifs is 1. The number of rotatable bonds is 0. The van der Waals surface area contributed by atoms with Crippen LogP contribution in [0.5, 0.6) is 0 Å². The lowest BCUT2D eigenvalue weighted by Gasteiger charge is -2.31. The summed E-state index contributed by atoms with van der Waals surface area (Å²) in [6.07, 6.45) is 1.69. The van der Waals surface area contributed by atoms with Crippen molar-refractivity contribution in [1.82, 2.24) is 0 Å². The lowest BCUT2D eigenvalue weighted by molar-refractivity contribution is 0.0901. The molecular formula is C15H22O. The van der Waals surface area contributed by atoms with Crippen LogP contribution in [-0.4, -0.2) is 11.2 Å². The largest absolute Gasteiger partial charge is 0.392 e. The highest BCUT2D eigenvalue weighted by Crippen LogP contribution is 2.43. The predicted molar refractivity (Wildman–Crippen MR) is 67.7 cm³/mol. The minimum Gasteiger partial charge on any atom is -0.392 e. The van der Waals surface area contributed by atoms with Gasteiger partial charge in [0, 0.05) is 5.41 Å². The van der Waals surface area contributed by atoms with Gasteiger partial charge in [-0.25, -0.2) is 0 Å². The summed E-state index contributed by atoms with van der Waals surface area (Å²) in [5.41, 5.74) is 2.75. The molecular weight excluding hydrogens is 196 g/mol. The first-order valence-electron chi connectivity index (χ1n) is 6.14. The third-order valence-electron chi connectivity index (χ3n) is 4.23. The van der Waals surface area contributed by atoms with E-state index in [1.165, 1.54) is 11.1 Å². The molecule has 0 spiro atoms. The summed E-state index contributed by atoms with van der Waals surface area (Å²) in [6.45, 7) is 8.86. The fraction of sp³-hybridized carbons (Fsp3) is 0.600. The van der Waals surface area contributed by atoms with E-state index in [9.17, 15) is 5.11 Å². The molecule has 16 heavy (non-hydrogen) atoms. The van der Waals surface area contributed by atoms with Gasteiger partial charge in [0.1, 0.15) is 0 Å². The minimum atomic E-state index is -0.240. The lowest BCUT2D eigenvalue weighted by Crippen LogP contribution is -2.33. The van der Waals surface area contributed by atoms with Crippen molar-refractivity contribution in [1.29, 1.82) is 0 Å². The van der Waals surface area contributed by atoms with Gasteiger partial charge in [-0.3, -0.25) is 0 Å². The second-order valence-electron chi connectivity index (χ2n) is 6.21. The van der Waals surface area contributed by atoms with Gasteiger partial charge in [-0.15, -0.1) is 0 Å². The first-order valence-corrected chi connectivity index (χ1v) is 6.14. The zero-order valence-corrected chi connectivity index (χ0v) is 10.7. The fourth-order valence-corrected chi connectivity index (χ4v) is 2.81. The van der Waals surface area contributed by atoms with Gasteiger partial charge in [0.05, 0.1) is 6.10 Å². The zero-order chi connectivity index (χ0) is 12.0. The van der Waals surface area contributed by atoms with Crippen LogP contribution >= 0.6 is 0 Å². The van der Waals surface area contributed by atoms with Gasteiger partial charge in [0.25, 0.3) is 0 Å². The van der Waals surface area contributed by atoms with Crippen LogP contribution < -0.4 is 0 Å². The molecule has 1 aromatic rings. The van der Waals surface area contributed by atoms with E-state index in [-0.39, 0.29) is 16.9 Å². The topological polar surface area (TPSA) is 20.2 Å². The van der Waals surface area contributed by atoms with Crippen LogP contribution in [0, 0.1) is 0 Å². The number of hydrogen-bond acceptors (Lipinski definition) is 1. The minimum absolute atomic E-state index is 0.135. The van der Waals surface area contributed by atoms with E-state index in [1.54, 1.807) is 0 Å². The zero-order valence-electron chi connectivity index (χ0n) is 10.7. The molecule has 1 heteroatoms. The van der Waals surface area contributed by atoms with Gasteiger partial charge in [-0.1, -0.05) is 52.0 Å². The molecule has 0 aromatic heterocycles. The van der Waals surface area contributed by atoms with Crippen molar-refractivity contribution in [2.24, 2.45) is 0 Å². The standard InChI is InChI=1S/C15H22O/c1-14(2)10-9-13(16)15(3,4)12-8-6-5-7-11(12)14/h5-8,13,16H,9-10H2,1-4H3. The SMILES string of the molecule is CC1(C)CCC(O)C(C)(C)c2ccccc21. The summed E-state index contributed by atoms with van der Waals surface area (Å²) < 4.78 is 0. The second kappa shape index (κ2) is 3.59. The molecule has 1 nitrogen and oxygen atoms in total. The van der Waals surface area contributed by atoms with Crippen molar-refractivity contribution in [2.75, 3.05) is 0 Å². The van der Waals surface area contributed by atoms with Crippen molar-refractivity contribution in [3.8, 4) is 0 Å². The predicted octanol–water partition coefficient (Wildman–Crippen LogP) is 3.40. The molecule has 1 atom stereocenters. The highest BCUT2D eigenvalue weighted by atomic mass is 16.3. The molecule has 1 aliphatic rings. The maximum atomic E-state index is 10.3. The number of aliphatic hydroxyl groups excluding tert-OH is 1. The van der Waals surface area contributed by atoms with Gasteiger partial charge in [0.15, 0.2) is 0 Å². The molecule has 2 rings (SSSR count). The highest BCUT2D eigenvalue weighted by molar-refractivity contribution is 5.40. The van der Waals surface area contributed by atoms with Crippen molar-refractivity contribution >= 4 is 0 Å². The van der Waals surface area contributed by atoms with Crippen molar-refractivity contribution in [2.45, 2.75) is 57.5 Å². The van der Waals surface area contributed by atoms with E-state index >= 15 is 0 Å². The van der Waals surface area contributed by atoms with Crippen LogP contribution in [0.2, 0.25) is 0 Å². The maximum absolute atomic E-state index is 10.3. The van der Waals surface area contributed by atoms with Crippen LogP contribution in [-0.2, 0) is 10.8 Å². The van der Waals surface area contributed by atoms with Gasteiger partial charge in [-0.2, -0.15) is 0 Å². The third-order valence-corrected chi connectivity index (χ3v) is 4.23. The van der Waals surface area contributed by atoms with Crippen molar-refractivity contribution < 1.29 is 5.11 Å². The molecule has 88 valence electrons. The molecule has 0 aliphatic heterocycles. The molecule has 0 amide bonds. The van der Waals surface area contributed by atoms with E-state index in [1.807, 2.05) is 0 Å². The Kier molecular flexibility index (Phi) is 2.62. The summed E-state index contributed by atoms with van der Waals surface area (Å²) in [5, 5.41) is 10.3. The number of aliphatic hydroxyl groups is 1. The smallest absolute Gasteiger partial charge is 0.0631 e. The van der Waals surface area contributed by atoms with Crippen LogP contribution in [0.25, 0.3) is 0 Å². The number of benzene rings is 1. The molecule has 1 aromatic carbocycles. The second-order valence-corrected chi connectivity index (χ2v) is 6.21. The van der Waals surface area contributed by atoms with Gasteiger partial charge in [-0.05, 0) is 29.4 Å². The lowest BCUT2D eigenvalue weighted by atomic mass is 9.74. The van der Waals surface area contributed by atoms with Crippen molar-refractivity contribution in [3.63, 3.8) is 0 Å². The molecule has 0 bridgehead atoms. The molecule has 1 aliphatic carbocycles. The Hall–Kier alpha value is -0.820. The maximum Gasteiger partial charge on any atom is 0.0631 e. The third kappa shape index (κ3) is 1.67. The van der Waals surface area contributed by atoms with E-state index in [4.69, 9.17) is 0 Å². The Morgan fingerprint density at radius 1 is 1.06 bits per heavy atom. The Labute approximate surface area is 98.5 Å². The first kappa shape index (κ1) is 11.7. The molecule has 0 radical (unpaired) electrons. The number of hydrogen-bond donors (Lipinski definition) is 1. The summed E-state index contributed by atoms with van der Waals surface area (Å²) >= 11 is 0. The first-order chi connectivity index (χ1) is 7.36. The van der Waals surface area contributed by atoms with Crippen LogP contribution in [0.1, 0.15) is 51.7 Å². The fourth-order valence-electron chi connectivity index (χ4n) is 2.81. The van der Waals surface area contributed by atoms with Gasteiger partial charge < -0.3 is 5.11 Å². The average Bonchev–Trinajstić information content (AvgIpc) is 2.31. The molecule has 0 heterocycles. The Morgan fingerprint density at radius 3 is 2.25 bits per heavy atom. The van der Waals surface area contributed by atoms with E-state index in [0.29, 0.717) is 0 Å². The van der Waals surface area contributed by atoms with E-state index in [0.717, 1.165) is 12.8 Å². The molecule has 0 saturated heterocycles. The van der Waals surface area contributed by atoms with Gasteiger partial charge in [0.2, 0.25) is 0 Å². The van der Waals surface area contributed by atoms with Gasteiger partial charge >= 0.3 is 0 Å². The summed E-state index contributed by atoms with van der Waals surface area (Å²) in [6, 6.07) is 8.57. The van der Waals surface area contributed by atoms with Crippen LogP contribution in [0.3, 0.4) is 0 Å². The average molecular weight is 218 g/mol. The highest BCUT2D eigenvalue weighted by Gasteiger charge is 2.39. The molecule has 0 fully saturated rings. The summed E-state index contributed by atoms with van der Waals surface area (Å²) in [7, 11) is 0. The van der Waals surface area contributed by atoms with Crippen LogP contribution in [0.4, 0.5) is 0 Å². The Bertz CT molecular complexity index is 390. The van der Waals surface area contributed by atoms with Crippen LogP contribution in [0.15, 0.2) is 24.3 Å². The quantitative estimate of drug-likeness (QED) is 0.662. The van der Waals surface area contributed by atoms with Crippen molar-refractivity contribution in [3.05, 3.63) is 35.4 Å². The van der Waals surface area contributed by atoms with E-state index < -0.39 is 0 Å². The molecule has 1 N–H and O–H groups in total. The molecule has 1 unspecified atom stereocenters. The van der Waals surface area contributed by atoms with E-state index in [2.05, 4.69) is 52.0 Å². The Balaban J connectivity index is 2.64. The summed E-state index contributed by atoms with van der Waals surface area (Å²) in [5.74, 6) is 0. The summed E-state index contributed by atoms with van der Waals surface area (Å²) in [4.78, 5) is 0. The Morgan fingerprint density at radius 2 is 1.62 bits per heavy atom. The normalized spacial score (nSPS) is 26.9.